The Labute approximate surface area is 188 Å². The number of nitrogens with zero attached hydrogens (tertiary/aromatic N) is 2. The summed E-state index contributed by atoms with van der Waals surface area (Å²) in [5, 5.41) is 3.19. The summed E-state index contributed by atoms with van der Waals surface area (Å²) >= 11 is 6.84. The van der Waals surface area contributed by atoms with Crippen molar-refractivity contribution in [3.05, 3.63) is 16.5 Å². The van der Waals surface area contributed by atoms with E-state index in [9.17, 15) is 8.42 Å². The van der Waals surface area contributed by atoms with Gasteiger partial charge in [0.25, 0.3) is 0 Å². The fourth-order valence-corrected chi connectivity index (χ4v) is 5.33. The number of rotatable bonds is 8. The van der Waals surface area contributed by atoms with Crippen LogP contribution in [0.25, 0.3) is 0 Å². The Bertz CT molecular complexity index is 694. The van der Waals surface area contributed by atoms with Crippen molar-refractivity contribution >= 4 is 62.9 Å². The monoisotopic (exact) mass is 550 g/mol. The van der Waals surface area contributed by atoms with Crippen LogP contribution in [-0.4, -0.2) is 66.2 Å². The van der Waals surface area contributed by atoms with Gasteiger partial charge in [0.15, 0.2) is 5.96 Å². The van der Waals surface area contributed by atoms with Gasteiger partial charge in [0.2, 0.25) is 10.0 Å². The van der Waals surface area contributed by atoms with Crippen LogP contribution < -0.4 is 10.0 Å². The molecule has 156 valence electrons. The van der Waals surface area contributed by atoms with Crippen LogP contribution in [0.2, 0.25) is 4.34 Å². The first-order valence-corrected chi connectivity index (χ1v) is 11.3. The molecule has 2 rings (SSSR count). The van der Waals surface area contributed by atoms with Gasteiger partial charge in [-0.2, -0.15) is 0 Å². The third kappa shape index (κ3) is 8.40. The van der Waals surface area contributed by atoms with E-state index in [0.717, 1.165) is 56.3 Å². The summed E-state index contributed by atoms with van der Waals surface area (Å²) in [6.45, 7) is 3.34. The lowest BCUT2D eigenvalue weighted by atomic mass is 9.96. The number of thiophene rings is 1. The maximum atomic E-state index is 12.1. The van der Waals surface area contributed by atoms with Gasteiger partial charge in [-0.15, -0.1) is 35.3 Å². The highest BCUT2D eigenvalue weighted by Gasteiger charge is 2.17. The first-order valence-electron chi connectivity index (χ1n) is 8.67. The molecule has 1 aromatic rings. The van der Waals surface area contributed by atoms with Crippen LogP contribution in [-0.2, 0) is 14.8 Å². The molecule has 27 heavy (non-hydrogen) atoms. The van der Waals surface area contributed by atoms with Crippen molar-refractivity contribution in [3.63, 3.8) is 0 Å². The maximum Gasteiger partial charge on any atom is 0.250 e. The van der Waals surface area contributed by atoms with Gasteiger partial charge < -0.3 is 15.0 Å². The Morgan fingerprint density at radius 3 is 2.67 bits per heavy atom. The number of sulfonamides is 1. The summed E-state index contributed by atoms with van der Waals surface area (Å²) in [5.41, 5.74) is 0. The first-order chi connectivity index (χ1) is 12.4. The van der Waals surface area contributed by atoms with Crippen molar-refractivity contribution in [2.45, 2.75) is 23.5 Å². The number of guanidine groups is 1. The predicted molar refractivity (Wildman–Crippen MR) is 122 cm³/mol. The second-order valence-electron chi connectivity index (χ2n) is 6.20. The quantitative estimate of drug-likeness (QED) is 0.225. The van der Waals surface area contributed by atoms with Gasteiger partial charge in [0.05, 0.1) is 4.34 Å². The molecule has 0 spiro atoms. The molecule has 1 aliphatic heterocycles. The van der Waals surface area contributed by atoms with E-state index in [2.05, 4.69) is 19.9 Å². The average molecular weight is 551 g/mol. The third-order valence-electron chi connectivity index (χ3n) is 4.30. The Morgan fingerprint density at radius 2 is 2.07 bits per heavy atom. The number of hydrogen-bond donors (Lipinski definition) is 2. The van der Waals surface area contributed by atoms with E-state index >= 15 is 0 Å². The molecule has 0 amide bonds. The lowest BCUT2D eigenvalue weighted by Gasteiger charge is -2.26. The molecule has 0 radical (unpaired) electrons. The van der Waals surface area contributed by atoms with Gasteiger partial charge in [0.1, 0.15) is 4.21 Å². The Hall–Kier alpha value is -0.140. The minimum atomic E-state index is -3.51. The van der Waals surface area contributed by atoms with Crippen LogP contribution >= 0.6 is 46.9 Å². The number of aliphatic imine (C=N–C) groups is 1. The zero-order chi connectivity index (χ0) is 19.0. The molecule has 11 heteroatoms. The summed E-state index contributed by atoms with van der Waals surface area (Å²) < 4.78 is 32.9. The molecule has 2 N–H and O–H groups in total. The highest BCUT2D eigenvalue weighted by Crippen LogP contribution is 2.25. The molecule has 0 bridgehead atoms. The van der Waals surface area contributed by atoms with Crippen LogP contribution in [0.5, 0.6) is 0 Å². The summed E-state index contributed by atoms with van der Waals surface area (Å²) in [6, 6.07) is 3.08. The molecule has 7 nitrogen and oxygen atoms in total. The van der Waals surface area contributed by atoms with Gasteiger partial charge in [-0.1, -0.05) is 11.6 Å². The largest absolute Gasteiger partial charge is 0.381 e. The molecule has 1 saturated heterocycles. The minimum absolute atomic E-state index is 0. The standard InChI is InChI=1S/C16H27ClN4O3S2.HI/c1-18-16(21(2)10-5-13-6-11-24-12-7-13)19-8-9-20-26(22,23)15-4-3-14(17)25-15;/h3-4,13,20H,5-12H2,1-2H3,(H,18,19);1H. The lowest BCUT2D eigenvalue weighted by Crippen LogP contribution is -2.43. The smallest absolute Gasteiger partial charge is 0.250 e. The van der Waals surface area contributed by atoms with Crippen LogP contribution in [0, 0.1) is 5.92 Å². The fraction of sp³-hybridized carbons (Fsp3) is 0.688. The van der Waals surface area contributed by atoms with Crippen LogP contribution in [0.1, 0.15) is 19.3 Å². The van der Waals surface area contributed by atoms with Crippen molar-refractivity contribution in [3.8, 4) is 0 Å². The van der Waals surface area contributed by atoms with E-state index in [1.807, 2.05) is 7.05 Å². The number of nitrogens with one attached hydrogen (secondary N) is 2. The molecule has 0 unspecified atom stereocenters. The topological polar surface area (TPSA) is 83.0 Å². The van der Waals surface area contributed by atoms with Crippen LogP contribution in [0.15, 0.2) is 21.3 Å². The molecule has 0 aromatic carbocycles. The Kier molecular flexibility index (Phi) is 11.5. The molecule has 1 aliphatic rings. The molecule has 0 aliphatic carbocycles. The zero-order valence-corrected chi connectivity index (χ0v) is 20.3. The van der Waals surface area contributed by atoms with Gasteiger partial charge in [0, 0.05) is 46.9 Å². The highest BCUT2D eigenvalue weighted by atomic mass is 127. The number of hydrogen-bond acceptors (Lipinski definition) is 5. The third-order valence-corrected chi connectivity index (χ3v) is 7.48. The van der Waals surface area contributed by atoms with Crippen LogP contribution in [0.3, 0.4) is 0 Å². The molecular weight excluding hydrogens is 523 g/mol. The average Bonchev–Trinajstić information content (AvgIpc) is 3.08. The van der Waals surface area contributed by atoms with Gasteiger partial charge >= 0.3 is 0 Å². The summed E-state index contributed by atoms with van der Waals surface area (Å²) in [4.78, 5) is 6.33. The lowest BCUT2D eigenvalue weighted by molar-refractivity contribution is 0.0625. The van der Waals surface area contributed by atoms with Gasteiger partial charge in [-0.05, 0) is 37.3 Å². The van der Waals surface area contributed by atoms with Crippen molar-refractivity contribution in [1.82, 2.24) is 14.9 Å². The summed E-state index contributed by atoms with van der Waals surface area (Å²) in [7, 11) is 0.209. The Morgan fingerprint density at radius 1 is 1.37 bits per heavy atom. The SMILES string of the molecule is CN=C(NCCNS(=O)(=O)c1ccc(Cl)s1)N(C)CCC1CCOCC1.I. The molecule has 2 heterocycles. The predicted octanol–water partition coefficient (Wildman–Crippen LogP) is 2.62. The molecule has 0 saturated carbocycles. The molecule has 0 atom stereocenters. The van der Waals surface area contributed by atoms with E-state index < -0.39 is 10.0 Å². The van der Waals surface area contributed by atoms with E-state index in [4.69, 9.17) is 16.3 Å². The fourth-order valence-electron chi connectivity index (χ4n) is 2.77. The van der Waals surface area contributed by atoms with E-state index in [0.29, 0.717) is 16.8 Å². The van der Waals surface area contributed by atoms with E-state index in [-0.39, 0.29) is 34.7 Å². The van der Waals surface area contributed by atoms with Crippen molar-refractivity contribution in [2.75, 3.05) is 46.9 Å². The number of ether oxygens (including phenoxy) is 1. The van der Waals surface area contributed by atoms with Crippen molar-refractivity contribution < 1.29 is 13.2 Å². The van der Waals surface area contributed by atoms with Crippen LogP contribution in [0.4, 0.5) is 0 Å². The first kappa shape index (κ1) is 24.9. The van der Waals surface area contributed by atoms with E-state index in [1.54, 1.807) is 13.1 Å². The maximum absolute atomic E-state index is 12.1. The Balaban J connectivity index is 0.00000364. The highest BCUT2D eigenvalue weighted by molar-refractivity contribution is 14.0. The zero-order valence-electron chi connectivity index (χ0n) is 15.6. The van der Waals surface area contributed by atoms with Crippen molar-refractivity contribution in [1.29, 1.82) is 0 Å². The van der Waals surface area contributed by atoms with Gasteiger partial charge in [-0.25, -0.2) is 13.1 Å². The number of halogens is 2. The minimum Gasteiger partial charge on any atom is -0.381 e. The second kappa shape index (κ2) is 12.4. The molecule has 1 aromatic heterocycles. The summed E-state index contributed by atoms with van der Waals surface area (Å²) in [6.07, 6.45) is 3.34. The molecular formula is C16H28ClIN4O3S2. The second-order valence-corrected chi connectivity index (χ2v) is 9.91. The van der Waals surface area contributed by atoms with E-state index in [1.165, 1.54) is 6.07 Å². The van der Waals surface area contributed by atoms with Gasteiger partial charge in [-0.3, -0.25) is 4.99 Å². The van der Waals surface area contributed by atoms with Crippen molar-refractivity contribution in [2.24, 2.45) is 10.9 Å². The molecule has 1 fully saturated rings. The summed E-state index contributed by atoms with van der Waals surface area (Å²) in [5.74, 6) is 1.46. The normalized spacial score (nSPS) is 16.0.